The molecule has 104 valence electrons. The van der Waals surface area contributed by atoms with Gasteiger partial charge in [-0.3, -0.25) is 4.79 Å². The van der Waals surface area contributed by atoms with Crippen molar-refractivity contribution in [2.24, 2.45) is 0 Å². The molecule has 1 rings (SSSR count). The Balaban J connectivity index is 2.43. The maximum absolute atomic E-state index is 11.9. The van der Waals surface area contributed by atoms with Crippen LogP contribution in [-0.4, -0.2) is 60.8 Å². The summed E-state index contributed by atoms with van der Waals surface area (Å²) in [6.07, 6.45) is 2.94. The van der Waals surface area contributed by atoms with Crippen LogP contribution >= 0.6 is 11.8 Å². The molecule has 0 bridgehead atoms. The second-order valence-corrected chi connectivity index (χ2v) is 5.22. The van der Waals surface area contributed by atoms with E-state index in [4.69, 9.17) is 9.84 Å². The van der Waals surface area contributed by atoms with Gasteiger partial charge in [-0.2, -0.15) is 11.8 Å². The summed E-state index contributed by atoms with van der Waals surface area (Å²) >= 11 is 1.56. The van der Waals surface area contributed by atoms with Gasteiger partial charge in [0.15, 0.2) is 0 Å². The minimum absolute atomic E-state index is 0.0234. The molecule has 1 heterocycles. The highest BCUT2D eigenvalue weighted by Crippen LogP contribution is 2.10. The van der Waals surface area contributed by atoms with Crippen molar-refractivity contribution in [3.63, 3.8) is 0 Å². The van der Waals surface area contributed by atoms with Gasteiger partial charge in [0.1, 0.15) is 6.04 Å². The first-order valence-electron chi connectivity index (χ1n) is 5.86. The van der Waals surface area contributed by atoms with Gasteiger partial charge in [0.2, 0.25) is 5.91 Å². The van der Waals surface area contributed by atoms with E-state index in [1.807, 2.05) is 6.26 Å². The molecule has 7 heteroatoms. The number of carbonyl (C=O) groups is 2. The largest absolute Gasteiger partial charge is 0.480 e. The summed E-state index contributed by atoms with van der Waals surface area (Å²) in [6, 6.07) is -1.17. The second kappa shape index (κ2) is 7.60. The van der Waals surface area contributed by atoms with Crippen LogP contribution in [0.4, 0.5) is 0 Å². The van der Waals surface area contributed by atoms with Crippen LogP contribution in [0.1, 0.15) is 12.8 Å². The molecule has 1 aliphatic heterocycles. The molecule has 1 amide bonds. The molecule has 3 unspecified atom stereocenters. The molecule has 1 fully saturated rings. The molecule has 0 spiro atoms. The number of carboxylic acids is 1. The summed E-state index contributed by atoms with van der Waals surface area (Å²) in [7, 11) is 1.60. The van der Waals surface area contributed by atoms with Crippen molar-refractivity contribution >= 4 is 23.6 Å². The van der Waals surface area contributed by atoms with Crippen LogP contribution < -0.4 is 10.6 Å². The number of hydrogen-bond acceptors (Lipinski definition) is 5. The SMILES string of the molecule is COC1CNC(C(=O)NC(CCSC)C(=O)O)C1. The molecular formula is C11H20N2O4S. The third-order valence-electron chi connectivity index (χ3n) is 2.97. The quantitative estimate of drug-likeness (QED) is 0.591. The monoisotopic (exact) mass is 276 g/mol. The summed E-state index contributed by atoms with van der Waals surface area (Å²) < 4.78 is 5.15. The number of aliphatic carboxylic acids is 1. The van der Waals surface area contributed by atoms with E-state index in [2.05, 4.69) is 10.6 Å². The summed E-state index contributed by atoms with van der Waals surface area (Å²) in [5.74, 6) is -0.544. The molecule has 0 saturated carbocycles. The van der Waals surface area contributed by atoms with E-state index in [1.54, 1.807) is 18.9 Å². The standard InChI is InChI=1S/C11H20N2O4S/c1-17-7-5-9(12-6-7)10(14)13-8(11(15)16)3-4-18-2/h7-9,12H,3-6H2,1-2H3,(H,13,14)(H,15,16). The highest BCUT2D eigenvalue weighted by atomic mass is 32.2. The fraction of sp³-hybridized carbons (Fsp3) is 0.818. The number of nitrogens with one attached hydrogen (secondary N) is 2. The predicted octanol–water partition coefficient (Wildman–Crippen LogP) is -0.314. The maximum atomic E-state index is 11.9. The summed E-state index contributed by atoms with van der Waals surface area (Å²) in [4.78, 5) is 22.9. The maximum Gasteiger partial charge on any atom is 0.326 e. The van der Waals surface area contributed by atoms with Gasteiger partial charge in [0.05, 0.1) is 12.1 Å². The van der Waals surface area contributed by atoms with Crippen LogP contribution in [0.2, 0.25) is 0 Å². The van der Waals surface area contributed by atoms with Gasteiger partial charge >= 0.3 is 5.97 Å². The first-order chi connectivity index (χ1) is 8.58. The third-order valence-corrected chi connectivity index (χ3v) is 3.61. The predicted molar refractivity (Wildman–Crippen MR) is 69.8 cm³/mol. The molecule has 0 radical (unpaired) electrons. The number of rotatable bonds is 7. The summed E-state index contributed by atoms with van der Waals surface area (Å²) in [5, 5.41) is 14.6. The first kappa shape index (κ1) is 15.3. The lowest BCUT2D eigenvalue weighted by Gasteiger charge is -2.17. The van der Waals surface area contributed by atoms with Crippen molar-refractivity contribution in [1.82, 2.24) is 10.6 Å². The van der Waals surface area contributed by atoms with Crippen LogP contribution in [0.25, 0.3) is 0 Å². The number of ether oxygens (including phenoxy) is 1. The lowest BCUT2D eigenvalue weighted by Crippen LogP contribution is -2.48. The molecular weight excluding hydrogens is 256 g/mol. The molecule has 0 aromatic rings. The normalized spacial score (nSPS) is 24.8. The van der Waals surface area contributed by atoms with Gasteiger partial charge in [-0.1, -0.05) is 0 Å². The lowest BCUT2D eigenvalue weighted by molar-refractivity contribution is -0.142. The number of carbonyl (C=O) groups excluding carboxylic acids is 1. The number of thioether (sulfide) groups is 1. The highest BCUT2D eigenvalue weighted by Gasteiger charge is 2.31. The van der Waals surface area contributed by atoms with Crippen LogP contribution in [0.3, 0.4) is 0 Å². The van der Waals surface area contributed by atoms with Crippen molar-refractivity contribution in [2.45, 2.75) is 31.0 Å². The fourth-order valence-electron chi connectivity index (χ4n) is 1.85. The zero-order valence-electron chi connectivity index (χ0n) is 10.6. The first-order valence-corrected chi connectivity index (χ1v) is 7.26. The Morgan fingerprint density at radius 1 is 1.61 bits per heavy atom. The Hall–Kier alpha value is -0.790. The van der Waals surface area contributed by atoms with Crippen LogP contribution in [0, 0.1) is 0 Å². The lowest BCUT2D eigenvalue weighted by atomic mass is 10.1. The van der Waals surface area contributed by atoms with Gasteiger partial charge < -0.3 is 20.5 Å². The Kier molecular flexibility index (Phi) is 6.45. The molecule has 0 aliphatic carbocycles. The van der Waals surface area contributed by atoms with E-state index >= 15 is 0 Å². The van der Waals surface area contributed by atoms with E-state index in [9.17, 15) is 9.59 Å². The van der Waals surface area contributed by atoms with Gasteiger partial charge in [-0.15, -0.1) is 0 Å². The highest BCUT2D eigenvalue weighted by molar-refractivity contribution is 7.98. The smallest absolute Gasteiger partial charge is 0.326 e. The number of carboxylic acid groups (broad SMARTS) is 1. The summed E-state index contributed by atoms with van der Waals surface area (Å²) in [6.45, 7) is 0.622. The Bertz CT molecular complexity index is 301. The van der Waals surface area contributed by atoms with E-state index < -0.39 is 12.0 Å². The van der Waals surface area contributed by atoms with E-state index in [0.29, 0.717) is 25.1 Å². The van der Waals surface area contributed by atoms with E-state index in [1.165, 1.54) is 0 Å². The van der Waals surface area contributed by atoms with Crippen molar-refractivity contribution in [1.29, 1.82) is 0 Å². The van der Waals surface area contributed by atoms with E-state index in [-0.39, 0.29) is 18.1 Å². The molecule has 3 N–H and O–H groups in total. The zero-order valence-corrected chi connectivity index (χ0v) is 11.5. The van der Waals surface area contributed by atoms with Crippen LogP contribution in [0.15, 0.2) is 0 Å². The number of amides is 1. The minimum atomic E-state index is -0.987. The average molecular weight is 276 g/mol. The second-order valence-electron chi connectivity index (χ2n) is 4.24. The Morgan fingerprint density at radius 3 is 2.83 bits per heavy atom. The molecule has 0 aromatic carbocycles. The molecule has 1 saturated heterocycles. The van der Waals surface area contributed by atoms with Gasteiger partial charge in [-0.05, 0) is 24.9 Å². The minimum Gasteiger partial charge on any atom is -0.480 e. The molecule has 1 aliphatic rings. The fourth-order valence-corrected chi connectivity index (χ4v) is 2.32. The van der Waals surface area contributed by atoms with Crippen molar-refractivity contribution in [3.05, 3.63) is 0 Å². The topological polar surface area (TPSA) is 87.7 Å². The van der Waals surface area contributed by atoms with Crippen LogP contribution in [-0.2, 0) is 14.3 Å². The van der Waals surface area contributed by atoms with Crippen molar-refractivity contribution in [2.75, 3.05) is 25.7 Å². The number of hydrogen-bond donors (Lipinski definition) is 3. The zero-order chi connectivity index (χ0) is 13.5. The Morgan fingerprint density at radius 2 is 2.33 bits per heavy atom. The van der Waals surface area contributed by atoms with Gasteiger partial charge in [0, 0.05) is 13.7 Å². The Labute approximate surface area is 111 Å². The van der Waals surface area contributed by atoms with Gasteiger partial charge in [-0.25, -0.2) is 4.79 Å². The molecule has 3 atom stereocenters. The molecule has 6 nitrogen and oxygen atoms in total. The summed E-state index contributed by atoms with van der Waals surface area (Å²) in [5.41, 5.74) is 0. The average Bonchev–Trinajstić information content (AvgIpc) is 2.82. The van der Waals surface area contributed by atoms with Crippen molar-refractivity contribution in [3.8, 4) is 0 Å². The molecule has 18 heavy (non-hydrogen) atoms. The number of methoxy groups -OCH3 is 1. The molecule has 0 aromatic heterocycles. The van der Waals surface area contributed by atoms with Crippen LogP contribution in [0.5, 0.6) is 0 Å². The third kappa shape index (κ3) is 4.47. The van der Waals surface area contributed by atoms with Gasteiger partial charge in [0.25, 0.3) is 0 Å². The van der Waals surface area contributed by atoms with E-state index in [0.717, 1.165) is 0 Å². The van der Waals surface area contributed by atoms with Crippen molar-refractivity contribution < 1.29 is 19.4 Å².